The zero-order valence-electron chi connectivity index (χ0n) is 13.4. The first-order valence-electron chi connectivity index (χ1n) is 7.39. The summed E-state index contributed by atoms with van der Waals surface area (Å²) in [6, 6.07) is 9.99. The SMILES string of the molecule is CSc1ccc2cc(CN(C)[C@@H](C)c3ccon3)c(=O)[nH]c2c1. The zero-order valence-corrected chi connectivity index (χ0v) is 14.2. The van der Waals surface area contributed by atoms with E-state index in [0.29, 0.717) is 6.54 Å². The number of H-pyrrole nitrogens is 1. The van der Waals surface area contributed by atoms with Gasteiger partial charge in [-0.05, 0) is 43.8 Å². The van der Waals surface area contributed by atoms with E-state index in [9.17, 15) is 4.79 Å². The van der Waals surface area contributed by atoms with E-state index in [1.54, 1.807) is 18.0 Å². The van der Waals surface area contributed by atoms with E-state index < -0.39 is 0 Å². The first-order chi connectivity index (χ1) is 11.1. The molecule has 120 valence electrons. The standard InChI is InChI=1S/C17H19N3O2S/c1-11(15-6-7-22-19-15)20(2)10-13-8-12-4-5-14(23-3)9-16(12)18-17(13)21/h4-9,11H,10H2,1-3H3,(H,18,21)/t11-/m0/s1. The minimum absolute atomic E-state index is 0.0463. The van der Waals surface area contributed by atoms with E-state index in [-0.39, 0.29) is 11.6 Å². The van der Waals surface area contributed by atoms with Crippen LogP contribution in [-0.2, 0) is 6.54 Å². The average molecular weight is 329 g/mol. The van der Waals surface area contributed by atoms with Crippen molar-refractivity contribution in [3.05, 3.63) is 58.2 Å². The lowest BCUT2D eigenvalue weighted by molar-refractivity contribution is 0.240. The molecule has 2 aromatic heterocycles. The molecule has 2 heterocycles. The number of hydrogen-bond donors (Lipinski definition) is 1. The maximum absolute atomic E-state index is 12.4. The molecule has 1 aromatic carbocycles. The van der Waals surface area contributed by atoms with Crippen LogP contribution in [0.2, 0.25) is 0 Å². The third-order valence-electron chi connectivity index (χ3n) is 4.10. The summed E-state index contributed by atoms with van der Waals surface area (Å²) in [5, 5.41) is 5.01. The summed E-state index contributed by atoms with van der Waals surface area (Å²) >= 11 is 1.66. The molecule has 3 aromatic rings. The molecule has 0 radical (unpaired) electrons. The number of aromatic nitrogens is 2. The van der Waals surface area contributed by atoms with Gasteiger partial charge in [0.15, 0.2) is 0 Å². The van der Waals surface area contributed by atoms with Crippen molar-refractivity contribution in [1.29, 1.82) is 0 Å². The molecule has 3 rings (SSSR count). The summed E-state index contributed by atoms with van der Waals surface area (Å²) < 4.78 is 4.89. The maximum atomic E-state index is 12.4. The Bertz CT molecular complexity index is 858. The van der Waals surface area contributed by atoms with Gasteiger partial charge in [-0.15, -0.1) is 11.8 Å². The highest BCUT2D eigenvalue weighted by molar-refractivity contribution is 7.98. The fourth-order valence-electron chi connectivity index (χ4n) is 2.54. The van der Waals surface area contributed by atoms with Crippen LogP contribution in [0.5, 0.6) is 0 Å². The van der Waals surface area contributed by atoms with Gasteiger partial charge in [-0.2, -0.15) is 0 Å². The van der Waals surface area contributed by atoms with Gasteiger partial charge in [0.25, 0.3) is 5.56 Å². The quantitative estimate of drug-likeness (QED) is 0.727. The molecular formula is C17H19N3O2S. The van der Waals surface area contributed by atoms with Gasteiger partial charge < -0.3 is 9.51 Å². The molecule has 0 unspecified atom stereocenters. The maximum Gasteiger partial charge on any atom is 0.252 e. The van der Waals surface area contributed by atoms with Crippen molar-refractivity contribution in [2.24, 2.45) is 0 Å². The Morgan fingerprint density at radius 3 is 2.87 bits per heavy atom. The van der Waals surface area contributed by atoms with Crippen molar-refractivity contribution in [3.63, 3.8) is 0 Å². The molecule has 1 atom stereocenters. The molecule has 6 heteroatoms. The van der Waals surface area contributed by atoms with Gasteiger partial charge in [-0.3, -0.25) is 9.69 Å². The van der Waals surface area contributed by atoms with Crippen molar-refractivity contribution < 1.29 is 4.52 Å². The molecule has 0 aliphatic heterocycles. The number of pyridine rings is 1. The molecule has 0 fully saturated rings. The summed E-state index contributed by atoms with van der Waals surface area (Å²) in [4.78, 5) is 18.5. The summed E-state index contributed by atoms with van der Waals surface area (Å²) in [5.41, 5.74) is 2.43. The van der Waals surface area contributed by atoms with Crippen LogP contribution in [0.4, 0.5) is 0 Å². The lowest BCUT2D eigenvalue weighted by Gasteiger charge is -2.22. The average Bonchev–Trinajstić information content (AvgIpc) is 3.08. The normalized spacial score (nSPS) is 12.9. The van der Waals surface area contributed by atoms with E-state index in [1.807, 2.05) is 44.5 Å². The number of nitrogens with one attached hydrogen (secondary N) is 1. The van der Waals surface area contributed by atoms with E-state index >= 15 is 0 Å². The molecule has 5 nitrogen and oxygen atoms in total. The Labute approximate surface area is 138 Å². The molecule has 0 saturated heterocycles. The van der Waals surface area contributed by atoms with Gasteiger partial charge in [0, 0.05) is 28.6 Å². The second-order valence-electron chi connectivity index (χ2n) is 5.59. The highest BCUT2D eigenvalue weighted by Crippen LogP contribution is 2.22. The van der Waals surface area contributed by atoms with Crippen molar-refractivity contribution in [3.8, 4) is 0 Å². The van der Waals surface area contributed by atoms with Gasteiger partial charge in [0.2, 0.25) is 0 Å². The number of hydrogen-bond acceptors (Lipinski definition) is 5. The topological polar surface area (TPSA) is 62.1 Å². The first kappa shape index (κ1) is 15.8. The molecule has 0 spiro atoms. The fraction of sp³-hybridized carbons (Fsp3) is 0.294. The highest BCUT2D eigenvalue weighted by atomic mass is 32.2. The van der Waals surface area contributed by atoms with Crippen molar-refractivity contribution in [2.75, 3.05) is 13.3 Å². The lowest BCUT2D eigenvalue weighted by Crippen LogP contribution is -2.26. The Morgan fingerprint density at radius 1 is 1.35 bits per heavy atom. The minimum Gasteiger partial charge on any atom is -0.364 e. The second-order valence-corrected chi connectivity index (χ2v) is 6.47. The molecule has 0 amide bonds. The molecule has 1 N–H and O–H groups in total. The largest absolute Gasteiger partial charge is 0.364 e. The Balaban J connectivity index is 1.88. The monoisotopic (exact) mass is 329 g/mol. The van der Waals surface area contributed by atoms with Crippen LogP contribution in [-0.4, -0.2) is 28.3 Å². The van der Waals surface area contributed by atoms with Gasteiger partial charge in [-0.25, -0.2) is 0 Å². The van der Waals surface area contributed by atoms with Crippen LogP contribution in [0.25, 0.3) is 10.9 Å². The Morgan fingerprint density at radius 2 is 2.17 bits per heavy atom. The molecular weight excluding hydrogens is 310 g/mol. The van der Waals surface area contributed by atoms with E-state index in [0.717, 1.165) is 27.1 Å². The predicted molar refractivity (Wildman–Crippen MR) is 92.7 cm³/mol. The number of fused-ring (bicyclic) bond motifs is 1. The number of aromatic amines is 1. The molecule has 0 saturated carbocycles. The van der Waals surface area contributed by atoms with Crippen LogP contribution in [0.1, 0.15) is 24.2 Å². The molecule has 0 aliphatic rings. The minimum atomic E-state index is -0.0463. The van der Waals surface area contributed by atoms with Gasteiger partial charge >= 0.3 is 0 Å². The number of thioether (sulfide) groups is 1. The molecule has 23 heavy (non-hydrogen) atoms. The van der Waals surface area contributed by atoms with Crippen molar-refractivity contribution in [1.82, 2.24) is 15.0 Å². The number of benzene rings is 1. The first-order valence-corrected chi connectivity index (χ1v) is 8.61. The van der Waals surface area contributed by atoms with E-state index in [1.165, 1.54) is 0 Å². The number of nitrogens with zero attached hydrogens (tertiary/aromatic N) is 2. The van der Waals surface area contributed by atoms with Gasteiger partial charge in [-0.1, -0.05) is 11.2 Å². The fourth-order valence-corrected chi connectivity index (χ4v) is 2.98. The lowest BCUT2D eigenvalue weighted by atomic mass is 10.1. The summed E-state index contributed by atoms with van der Waals surface area (Å²) in [6.45, 7) is 2.58. The highest BCUT2D eigenvalue weighted by Gasteiger charge is 2.16. The van der Waals surface area contributed by atoms with Gasteiger partial charge in [0.05, 0.1) is 6.04 Å². The smallest absolute Gasteiger partial charge is 0.252 e. The predicted octanol–water partition coefficient (Wildman–Crippen LogP) is 3.43. The molecule has 0 bridgehead atoms. The zero-order chi connectivity index (χ0) is 16.4. The third kappa shape index (κ3) is 3.33. The van der Waals surface area contributed by atoms with Crippen LogP contribution < -0.4 is 5.56 Å². The van der Waals surface area contributed by atoms with E-state index in [2.05, 4.69) is 21.1 Å². The Kier molecular flexibility index (Phi) is 4.54. The van der Waals surface area contributed by atoms with Crippen molar-refractivity contribution in [2.45, 2.75) is 24.4 Å². The van der Waals surface area contributed by atoms with E-state index in [4.69, 9.17) is 4.52 Å². The van der Waals surface area contributed by atoms with Crippen molar-refractivity contribution >= 4 is 22.7 Å². The van der Waals surface area contributed by atoms with Gasteiger partial charge in [0.1, 0.15) is 12.0 Å². The van der Waals surface area contributed by atoms with Crippen LogP contribution in [0, 0.1) is 0 Å². The van der Waals surface area contributed by atoms with Crippen LogP contribution >= 0.6 is 11.8 Å². The van der Waals surface area contributed by atoms with Crippen LogP contribution in [0.3, 0.4) is 0 Å². The number of rotatable bonds is 5. The Hall–Kier alpha value is -2.05. The molecule has 0 aliphatic carbocycles. The second kappa shape index (κ2) is 6.60. The van der Waals surface area contributed by atoms with Crippen LogP contribution in [0.15, 0.2) is 50.8 Å². The summed E-state index contributed by atoms with van der Waals surface area (Å²) in [7, 11) is 1.97. The summed E-state index contributed by atoms with van der Waals surface area (Å²) in [6.07, 6.45) is 3.58. The third-order valence-corrected chi connectivity index (χ3v) is 4.82. The summed E-state index contributed by atoms with van der Waals surface area (Å²) in [5.74, 6) is 0.